The molecule has 106 valence electrons. The van der Waals surface area contributed by atoms with E-state index in [2.05, 4.69) is 26.0 Å². The second-order valence-corrected chi connectivity index (χ2v) is 5.48. The SMILES string of the molecule is Nc1cccc(-c2ncn(Cc3ccc(F)cc3Br)n2)c1. The Kier molecular flexibility index (Phi) is 3.70. The summed E-state index contributed by atoms with van der Waals surface area (Å²) in [7, 11) is 0. The molecule has 0 radical (unpaired) electrons. The minimum absolute atomic E-state index is 0.273. The Labute approximate surface area is 129 Å². The number of nitrogens with two attached hydrogens (primary N) is 1. The van der Waals surface area contributed by atoms with Gasteiger partial charge in [0.15, 0.2) is 5.82 Å². The monoisotopic (exact) mass is 346 g/mol. The molecule has 3 aromatic rings. The summed E-state index contributed by atoms with van der Waals surface area (Å²) in [6, 6.07) is 12.0. The summed E-state index contributed by atoms with van der Waals surface area (Å²) in [5, 5.41) is 4.42. The lowest BCUT2D eigenvalue weighted by Crippen LogP contribution is -2.01. The summed E-state index contributed by atoms with van der Waals surface area (Å²) in [5.74, 6) is 0.338. The molecule has 0 bridgehead atoms. The second kappa shape index (κ2) is 5.65. The first-order chi connectivity index (χ1) is 10.1. The van der Waals surface area contributed by atoms with Crippen molar-refractivity contribution in [2.24, 2.45) is 0 Å². The van der Waals surface area contributed by atoms with Gasteiger partial charge in [-0.1, -0.05) is 34.1 Å². The van der Waals surface area contributed by atoms with Gasteiger partial charge in [-0.25, -0.2) is 14.1 Å². The average Bonchev–Trinajstić information content (AvgIpc) is 2.91. The van der Waals surface area contributed by atoms with E-state index in [0.29, 0.717) is 22.5 Å². The Bertz CT molecular complexity index is 785. The van der Waals surface area contributed by atoms with Crippen LogP contribution < -0.4 is 5.73 Å². The summed E-state index contributed by atoms with van der Waals surface area (Å²) in [5.41, 5.74) is 8.23. The lowest BCUT2D eigenvalue weighted by Gasteiger charge is -2.04. The van der Waals surface area contributed by atoms with E-state index < -0.39 is 0 Å². The van der Waals surface area contributed by atoms with Crippen LogP contribution in [0.25, 0.3) is 11.4 Å². The number of nitrogen functional groups attached to an aromatic ring is 1. The third kappa shape index (κ3) is 3.11. The first-order valence-corrected chi connectivity index (χ1v) is 7.10. The van der Waals surface area contributed by atoms with Crippen LogP contribution in [-0.2, 0) is 6.54 Å². The van der Waals surface area contributed by atoms with Gasteiger partial charge < -0.3 is 5.73 Å². The molecule has 0 aliphatic rings. The zero-order valence-electron chi connectivity index (χ0n) is 11.0. The van der Waals surface area contributed by atoms with Crippen molar-refractivity contribution in [2.45, 2.75) is 6.54 Å². The van der Waals surface area contributed by atoms with Crippen molar-refractivity contribution in [2.75, 3.05) is 5.73 Å². The minimum Gasteiger partial charge on any atom is -0.399 e. The largest absolute Gasteiger partial charge is 0.399 e. The molecule has 0 aliphatic heterocycles. The zero-order valence-corrected chi connectivity index (χ0v) is 12.6. The number of nitrogens with zero attached hydrogens (tertiary/aromatic N) is 3. The van der Waals surface area contributed by atoms with Crippen molar-refractivity contribution < 1.29 is 4.39 Å². The van der Waals surface area contributed by atoms with Gasteiger partial charge in [0.2, 0.25) is 0 Å². The minimum atomic E-state index is -0.273. The van der Waals surface area contributed by atoms with Crippen molar-refractivity contribution in [1.29, 1.82) is 0 Å². The van der Waals surface area contributed by atoms with Crippen LogP contribution in [-0.4, -0.2) is 14.8 Å². The molecule has 0 spiro atoms. The Balaban J connectivity index is 1.85. The lowest BCUT2D eigenvalue weighted by atomic mass is 10.2. The predicted octanol–water partition coefficient (Wildman–Crippen LogP) is 3.48. The molecule has 0 atom stereocenters. The van der Waals surface area contributed by atoms with Crippen LogP contribution in [0.4, 0.5) is 10.1 Å². The number of hydrogen-bond donors (Lipinski definition) is 1. The van der Waals surface area contributed by atoms with Gasteiger partial charge in [0, 0.05) is 15.7 Å². The molecule has 21 heavy (non-hydrogen) atoms. The summed E-state index contributed by atoms with van der Waals surface area (Å²) < 4.78 is 15.5. The fourth-order valence-electron chi connectivity index (χ4n) is 2.01. The van der Waals surface area contributed by atoms with Gasteiger partial charge in [0.25, 0.3) is 0 Å². The molecule has 0 saturated carbocycles. The summed E-state index contributed by atoms with van der Waals surface area (Å²) in [6.07, 6.45) is 1.65. The number of halogens is 2. The Hall–Kier alpha value is -2.21. The van der Waals surface area contributed by atoms with Crippen molar-refractivity contribution in [3.05, 3.63) is 64.6 Å². The molecule has 0 fully saturated rings. The third-order valence-electron chi connectivity index (χ3n) is 3.03. The van der Waals surface area contributed by atoms with Crippen molar-refractivity contribution in [1.82, 2.24) is 14.8 Å². The molecule has 0 amide bonds. The van der Waals surface area contributed by atoms with Gasteiger partial charge in [-0.05, 0) is 29.8 Å². The van der Waals surface area contributed by atoms with Gasteiger partial charge in [-0.15, -0.1) is 0 Å². The van der Waals surface area contributed by atoms with Gasteiger partial charge in [-0.3, -0.25) is 0 Å². The van der Waals surface area contributed by atoms with E-state index in [1.54, 1.807) is 17.1 Å². The smallest absolute Gasteiger partial charge is 0.181 e. The topological polar surface area (TPSA) is 56.7 Å². The highest BCUT2D eigenvalue weighted by molar-refractivity contribution is 9.10. The third-order valence-corrected chi connectivity index (χ3v) is 3.77. The van der Waals surface area contributed by atoms with E-state index >= 15 is 0 Å². The molecule has 1 heterocycles. The predicted molar refractivity (Wildman–Crippen MR) is 83.1 cm³/mol. The standard InChI is InChI=1S/C15H12BrFN4/c16-14-7-12(17)5-4-11(14)8-21-9-19-15(20-21)10-2-1-3-13(18)6-10/h1-7,9H,8,18H2. The van der Waals surface area contributed by atoms with Gasteiger partial charge in [0.05, 0.1) is 6.54 Å². The first kappa shape index (κ1) is 13.8. The van der Waals surface area contributed by atoms with E-state index in [1.807, 2.05) is 24.3 Å². The van der Waals surface area contributed by atoms with Gasteiger partial charge >= 0.3 is 0 Å². The van der Waals surface area contributed by atoms with Crippen molar-refractivity contribution in [3.63, 3.8) is 0 Å². The second-order valence-electron chi connectivity index (χ2n) is 4.63. The average molecular weight is 347 g/mol. The molecular formula is C15H12BrFN4. The number of benzene rings is 2. The summed E-state index contributed by atoms with van der Waals surface area (Å²) in [6.45, 7) is 0.510. The van der Waals surface area contributed by atoms with Gasteiger partial charge in [-0.2, -0.15) is 5.10 Å². The maximum Gasteiger partial charge on any atom is 0.181 e. The highest BCUT2D eigenvalue weighted by Gasteiger charge is 2.07. The molecule has 2 N–H and O–H groups in total. The first-order valence-electron chi connectivity index (χ1n) is 6.31. The fourth-order valence-corrected chi connectivity index (χ4v) is 2.48. The molecule has 0 unspecified atom stereocenters. The molecule has 1 aromatic heterocycles. The van der Waals surface area contributed by atoms with Crippen LogP contribution in [0.2, 0.25) is 0 Å². The van der Waals surface area contributed by atoms with Crippen LogP contribution in [0.3, 0.4) is 0 Å². The zero-order chi connectivity index (χ0) is 14.8. The highest BCUT2D eigenvalue weighted by atomic mass is 79.9. The molecule has 4 nitrogen and oxygen atoms in total. The summed E-state index contributed by atoms with van der Waals surface area (Å²) >= 11 is 3.35. The van der Waals surface area contributed by atoms with Crippen LogP contribution in [0.15, 0.2) is 53.3 Å². The highest BCUT2D eigenvalue weighted by Crippen LogP contribution is 2.20. The lowest BCUT2D eigenvalue weighted by molar-refractivity contribution is 0.623. The van der Waals surface area contributed by atoms with E-state index in [0.717, 1.165) is 11.1 Å². The Morgan fingerprint density at radius 2 is 2.05 bits per heavy atom. The van der Waals surface area contributed by atoms with Crippen molar-refractivity contribution >= 4 is 21.6 Å². The van der Waals surface area contributed by atoms with E-state index in [9.17, 15) is 4.39 Å². The molecule has 3 rings (SSSR count). The number of hydrogen-bond acceptors (Lipinski definition) is 3. The van der Waals surface area contributed by atoms with Crippen LogP contribution in [0.1, 0.15) is 5.56 Å². The Morgan fingerprint density at radius 1 is 1.19 bits per heavy atom. The van der Waals surface area contributed by atoms with E-state index in [-0.39, 0.29) is 5.82 Å². The fraction of sp³-hybridized carbons (Fsp3) is 0.0667. The molecule has 0 aliphatic carbocycles. The maximum atomic E-state index is 13.1. The van der Waals surface area contributed by atoms with E-state index in [4.69, 9.17) is 5.73 Å². The van der Waals surface area contributed by atoms with Gasteiger partial charge in [0.1, 0.15) is 12.1 Å². The normalized spacial score (nSPS) is 10.8. The van der Waals surface area contributed by atoms with Crippen molar-refractivity contribution in [3.8, 4) is 11.4 Å². The van der Waals surface area contributed by atoms with E-state index in [1.165, 1.54) is 12.1 Å². The number of aromatic nitrogens is 3. The van der Waals surface area contributed by atoms with Crippen LogP contribution in [0, 0.1) is 5.82 Å². The Morgan fingerprint density at radius 3 is 2.81 bits per heavy atom. The quantitative estimate of drug-likeness (QED) is 0.738. The molecule has 2 aromatic carbocycles. The molecular weight excluding hydrogens is 335 g/mol. The van der Waals surface area contributed by atoms with Crippen LogP contribution in [0.5, 0.6) is 0 Å². The number of anilines is 1. The maximum absolute atomic E-state index is 13.1. The number of rotatable bonds is 3. The van der Waals surface area contributed by atoms with Crippen LogP contribution >= 0.6 is 15.9 Å². The summed E-state index contributed by atoms with van der Waals surface area (Å²) in [4.78, 5) is 4.28. The molecule has 6 heteroatoms. The molecule has 0 saturated heterocycles.